The van der Waals surface area contributed by atoms with Crippen LogP contribution in [0.25, 0.3) is 0 Å². The minimum atomic E-state index is -0.109. The molecule has 2 aromatic rings. The van der Waals surface area contributed by atoms with Crippen LogP contribution in [0, 0.1) is 0 Å². The first-order chi connectivity index (χ1) is 11.6. The fraction of sp³-hybridized carbons (Fsp3) is 0.471. The van der Waals surface area contributed by atoms with Gasteiger partial charge in [0.25, 0.3) is 5.56 Å². The molecule has 1 fully saturated rings. The largest absolute Gasteiger partial charge is 0.469 e. The maximum Gasteiger partial charge on any atom is 0.293 e. The van der Waals surface area contributed by atoms with E-state index >= 15 is 0 Å². The molecule has 0 aromatic carbocycles. The number of hydrogen-bond donors (Lipinski definition) is 1. The van der Waals surface area contributed by atoms with E-state index in [1.165, 1.54) is 4.57 Å². The van der Waals surface area contributed by atoms with Gasteiger partial charge in [0.05, 0.1) is 6.26 Å². The van der Waals surface area contributed by atoms with Gasteiger partial charge in [-0.05, 0) is 25.0 Å². The van der Waals surface area contributed by atoms with E-state index in [1.807, 2.05) is 17.0 Å². The number of carbonyl (C=O) groups excluding carboxylic acids is 1. The second-order valence-corrected chi connectivity index (χ2v) is 6.10. The summed E-state index contributed by atoms with van der Waals surface area (Å²) in [7, 11) is 1.71. The predicted octanol–water partition coefficient (Wildman–Crippen LogP) is 1.09. The smallest absolute Gasteiger partial charge is 0.293 e. The van der Waals surface area contributed by atoms with Gasteiger partial charge in [-0.3, -0.25) is 9.59 Å². The van der Waals surface area contributed by atoms with Crippen LogP contribution >= 0.6 is 0 Å². The highest BCUT2D eigenvalue weighted by molar-refractivity contribution is 5.76. The standard InChI is InChI=1S/C17H22N4O3/c1-20-10-8-18-16(17(20)23)21-9-2-4-13(12-21)19-15(22)7-6-14-5-3-11-24-14/h3,5,8,10-11,13H,2,4,6-7,9,12H2,1H3,(H,19,22). The minimum absolute atomic E-state index is 0.00664. The predicted molar refractivity (Wildman–Crippen MR) is 89.9 cm³/mol. The topological polar surface area (TPSA) is 80.4 Å². The van der Waals surface area contributed by atoms with Crippen molar-refractivity contribution in [2.45, 2.75) is 31.7 Å². The number of piperidine rings is 1. The monoisotopic (exact) mass is 330 g/mol. The molecule has 1 amide bonds. The molecule has 0 bridgehead atoms. The molecule has 1 atom stereocenters. The molecule has 1 aliphatic heterocycles. The summed E-state index contributed by atoms with van der Waals surface area (Å²) in [6, 6.07) is 3.72. The lowest BCUT2D eigenvalue weighted by molar-refractivity contribution is -0.121. The number of rotatable bonds is 5. The highest BCUT2D eigenvalue weighted by atomic mass is 16.3. The van der Waals surface area contributed by atoms with E-state index < -0.39 is 0 Å². The zero-order valence-corrected chi connectivity index (χ0v) is 13.8. The third kappa shape index (κ3) is 3.84. The van der Waals surface area contributed by atoms with E-state index in [0.717, 1.165) is 25.1 Å². The molecule has 3 heterocycles. The van der Waals surface area contributed by atoms with E-state index in [0.29, 0.717) is 25.2 Å². The molecule has 24 heavy (non-hydrogen) atoms. The summed E-state index contributed by atoms with van der Waals surface area (Å²) >= 11 is 0. The number of aromatic nitrogens is 2. The van der Waals surface area contributed by atoms with Crippen molar-refractivity contribution in [3.05, 3.63) is 46.9 Å². The Labute approximate surface area is 140 Å². The molecule has 7 nitrogen and oxygen atoms in total. The number of hydrogen-bond acceptors (Lipinski definition) is 5. The van der Waals surface area contributed by atoms with Gasteiger partial charge in [-0.15, -0.1) is 0 Å². The molecule has 0 radical (unpaired) electrons. The van der Waals surface area contributed by atoms with Crippen LogP contribution in [0.4, 0.5) is 5.82 Å². The highest BCUT2D eigenvalue weighted by Crippen LogP contribution is 2.15. The third-order valence-corrected chi connectivity index (χ3v) is 4.26. The molecule has 1 aliphatic rings. The second-order valence-electron chi connectivity index (χ2n) is 6.10. The molecule has 2 aromatic heterocycles. The Morgan fingerprint density at radius 1 is 1.50 bits per heavy atom. The van der Waals surface area contributed by atoms with Crippen molar-refractivity contribution in [1.82, 2.24) is 14.9 Å². The Kier molecular flexibility index (Phi) is 4.98. The average Bonchev–Trinajstić information content (AvgIpc) is 3.09. The van der Waals surface area contributed by atoms with E-state index in [4.69, 9.17) is 4.42 Å². The number of aryl methyl sites for hydroxylation is 2. The molecule has 1 saturated heterocycles. The van der Waals surface area contributed by atoms with Gasteiger partial charge in [-0.25, -0.2) is 4.98 Å². The van der Waals surface area contributed by atoms with Crippen LogP contribution in [-0.2, 0) is 18.3 Å². The summed E-state index contributed by atoms with van der Waals surface area (Å²) in [6.07, 6.45) is 7.70. The number of carbonyl (C=O) groups is 1. The molecule has 1 N–H and O–H groups in total. The van der Waals surface area contributed by atoms with Crippen molar-refractivity contribution in [3.63, 3.8) is 0 Å². The van der Waals surface area contributed by atoms with Crippen molar-refractivity contribution in [2.24, 2.45) is 7.05 Å². The highest BCUT2D eigenvalue weighted by Gasteiger charge is 2.24. The zero-order chi connectivity index (χ0) is 16.9. The molecule has 7 heteroatoms. The molecule has 128 valence electrons. The number of furan rings is 1. The summed E-state index contributed by atoms with van der Waals surface area (Å²) < 4.78 is 6.76. The summed E-state index contributed by atoms with van der Waals surface area (Å²) in [4.78, 5) is 30.5. The number of amides is 1. The van der Waals surface area contributed by atoms with Crippen LogP contribution in [0.5, 0.6) is 0 Å². The van der Waals surface area contributed by atoms with Crippen LogP contribution < -0.4 is 15.8 Å². The summed E-state index contributed by atoms with van der Waals surface area (Å²) in [6.45, 7) is 1.39. The van der Waals surface area contributed by atoms with Gasteiger partial charge in [0.2, 0.25) is 5.91 Å². The normalized spacial score (nSPS) is 17.7. The van der Waals surface area contributed by atoms with Crippen molar-refractivity contribution >= 4 is 11.7 Å². The van der Waals surface area contributed by atoms with Crippen LogP contribution in [0.1, 0.15) is 25.0 Å². The maximum atomic E-state index is 12.2. The fourth-order valence-corrected chi connectivity index (χ4v) is 2.98. The van der Waals surface area contributed by atoms with Crippen LogP contribution in [0.15, 0.2) is 40.0 Å². The lowest BCUT2D eigenvalue weighted by Gasteiger charge is -2.33. The van der Waals surface area contributed by atoms with Crippen LogP contribution in [0.3, 0.4) is 0 Å². The van der Waals surface area contributed by atoms with E-state index in [-0.39, 0.29) is 17.5 Å². The Hall–Kier alpha value is -2.57. The summed E-state index contributed by atoms with van der Waals surface area (Å²) in [5.74, 6) is 1.27. The summed E-state index contributed by atoms with van der Waals surface area (Å²) in [5, 5.41) is 3.06. The molecule has 0 spiro atoms. The Morgan fingerprint density at radius 2 is 2.38 bits per heavy atom. The van der Waals surface area contributed by atoms with Crippen molar-refractivity contribution in [2.75, 3.05) is 18.0 Å². The van der Waals surface area contributed by atoms with Crippen LogP contribution in [-0.4, -0.2) is 34.6 Å². The van der Waals surface area contributed by atoms with Gasteiger partial charge >= 0.3 is 0 Å². The Morgan fingerprint density at radius 3 is 3.17 bits per heavy atom. The minimum Gasteiger partial charge on any atom is -0.469 e. The molecule has 0 aliphatic carbocycles. The molecule has 0 saturated carbocycles. The maximum absolute atomic E-state index is 12.2. The quantitative estimate of drug-likeness (QED) is 0.888. The van der Waals surface area contributed by atoms with Gasteiger partial charge in [-0.2, -0.15) is 0 Å². The first-order valence-electron chi connectivity index (χ1n) is 8.22. The fourth-order valence-electron chi connectivity index (χ4n) is 2.98. The van der Waals surface area contributed by atoms with E-state index in [1.54, 1.807) is 25.7 Å². The van der Waals surface area contributed by atoms with Crippen molar-refractivity contribution in [1.29, 1.82) is 0 Å². The van der Waals surface area contributed by atoms with Gasteiger partial charge in [0.15, 0.2) is 5.82 Å². The molecular weight excluding hydrogens is 308 g/mol. The third-order valence-electron chi connectivity index (χ3n) is 4.26. The lowest BCUT2D eigenvalue weighted by atomic mass is 10.1. The van der Waals surface area contributed by atoms with Gasteiger partial charge in [0.1, 0.15) is 5.76 Å². The van der Waals surface area contributed by atoms with Crippen molar-refractivity contribution < 1.29 is 9.21 Å². The SMILES string of the molecule is Cn1ccnc(N2CCCC(NC(=O)CCc3ccco3)C2)c1=O. The first kappa shape index (κ1) is 16.3. The summed E-state index contributed by atoms with van der Waals surface area (Å²) in [5.41, 5.74) is -0.109. The molecule has 3 rings (SSSR count). The number of nitrogens with zero attached hydrogens (tertiary/aromatic N) is 3. The zero-order valence-electron chi connectivity index (χ0n) is 13.8. The van der Waals surface area contributed by atoms with Gasteiger partial charge in [0, 0.05) is 51.4 Å². The number of anilines is 1. The van der Waals surface area contributed by atoms with Gasteiger partial charge in [-0.1, -0.05) is 0 Å². The second kappa shape index (κ2) is 7.33. The van der Waals surface area contributed by atoms with Crippen LogP contribution in [0.2, 0.25) is 0 Å². The lowest BCUT2D eigenvalue weighted by Crippen LogP contribution is -2.49. The Balaban J connectivity index is 1.56. The van der Waals surface area contributed by atoms with Crippen molar-refractivity contribution in [3.8, 4) is 0 Å². The first-order valence-corrected chi connectivity index (χ1v) is 8.22. The van der Waals surface area contributed by atoms with Gasteiger partial charge < -0.3 is 19.2 Å². The average molecular weight is 330 g/mol. The Bertz CT molecular complexity index is 739. The van der Waals surface area contributed by atoms with E-state index in [9.17, 15) is 9.59 Å². The molecular formula is C17H22N4O3. The molecule has 1 unspecified atom stereocenters. The number of nitrogens with one attached hydrogen (secondary N) is 1. The van der Waals surface area contributed by atoms with E-state index in [2.05, 4.69) is 10.3 Å².